The molecule has 0 aliphatic heterocycles. The average Bonchev–Trinajstić information content (AvgIpc) is 2.80. The lowest BCUT2D eigenvalue weighted by Gasteiger charge is -2.10. The van der Waals surface area contributed by atoms with E-state index in [1.165, 1.54) is 11.8 Å². The zero-order valence-corrected chi connectivity index (χ0v) is 11.2. The van der Waals surface area contributed by atoms with Crippen molar-refractivity contribution in [3.63, 3.8) is 0 Å². The molecule has 9 heteroatoms. The molecule has 1 heterocycles. The van der Waals surface area contributed by atoms with Gasteiger partial charge in [0.25, 0.3) is 0 Å². The van der Waals surface area contributed by atoms with E-state index >= 15 is 0 Å². The molecule has 0 bridgehead atoms. The van der Waals surface area contributed by atoms with Gasteiger partial charge in [0.15, 0.2) is 0 Å². The summed E-state index contributed by atoms with van der Waals surface area (Å²) in [6, 6.07) is 0. The Morgan fingerprint density at radius 2 is 2.33 bits per heavy atom. The average molecular weight is 277 g/mol. The van der Waals surface area contributed by atoms with E-state index in [0.717, 1.165) is 0 Å². The molecule has 0 amide bonds. The standard InChI is InChI=1S/C9H19N5O3S/c1-16-4-5-17-6-8(15)7-18-9-11-12-13-14(9)3-2-10/h8,15H,2-7,10H2,1H3. The predicted octanol–water partition coefficient (Wildman–Crippen LogP) is -1.25. The van der Waals surface area contributed by atoms with Crippen LogP contribution in [0.4, 0.5) is 0 Å². The van der Waals surface area contributed by atoms with E-state index in [1.807, 2.05) is 0 Å². The van der Waals surface area contributed by atoms with E-state index in [-0.39, 0.29) is 6.61 Å². The summed E-state index contributed by atoms with van der Waals surface area (Å²) in [7, 11) is 1.60. The molecule has 0 saturated heterocycles. The Kier molecular flexibility index (Phi) is 7.85. The third kappa shape index (κ3) is 5.74. The van der Waals surface area contributed by atoms with Crippen LogP contribution in [0.3, 0.4) is 0 Å². The van der Waals surface area contributed by atoms with Crippen LogP contribution >= 0.6 is 11.8 Å². The number of thioether (sulfide) groups is 1. The Morgan fingerprint density at radius 1 is 1.50 bits per heavy atom. The summed E-state index contributed by atoms with van der Waals surface area (Å²) in [5.74, 6) is 0.470. The second-order valence-electron chi connectivity index (χ2n) is 3.51. The second-order valence-corrected chi connectivity index (χ2v) is 4.49. The Balaban J connectivity index is 2.20. The highest BCUT2D eigenvalue weighted by atomic mass is 32.2. The van der Waals surface area contributed by atoms with E-state index in [1.54, 1.807) is 11.8 Å². The van der Waals surface area contributed by atoms with E-state index in [0.29, 0.717) is 37.2 Å². The van der Waals surface area contributed by atoms with Crippen LogP contribution < -0.4 is 5.73 Å². The lowest BCUT2D eigenvalue weighted by Crippen LogP contribution is -2.20. The molecule has 0 spiro atoms. The smallest absolute Gasteiger partial charge is 0.209 e. The third-order valence-corrected chi connectivity index (χ3v) is 3.09. The maximum atomic E-state index is 9.68. The highest BCUT2D eigenvalue weighted by molar-refractivity contribution is 7.99. The fourth-order valence-corrected chi connectivity index (χ4v) is 1.95. The fourth-order valence-electron chi connectivity index (χ4n) is 1.14. The summed E-state index contributed by atoms with van der Waals surface area (Å²) >= 11 is 1.38. The lowest BCUT2D eigenvalue weighted by molar-refractivity contribution is 0.0218. The third-order valence-electron chi connectivity index (χ3n) is 1.99. The number of hydrogen-bond donors (Lipinski definition) is 2. The monoisotopic (exact) mass is 277 g/mol. The Morgan fingerprint density at radius 3 is 3.06 bits per heavy atom. The summed E-state index contributed by atoms with van der Waals surface area (Å²) in [6.07, 6.45) is -0.560. The van der Waals surface area contributed by atoms with Gasteiger partial charge in [-0.05, 0) is 10.4 Å². The van der Waals surface area contributed by atoms with Gasteiger partial charge in [-0.2, -0.15) is 0 Å². The van der Waals surface area contributed by atoms with Crippen LogP contribution in [0.15, 0.2) is 5.16 Å². The van der Waals surface area contributed by atoms with Crippen LogP contribution in [-0.4, -0.2) is 70.6 Å². The van der Waals surface area contributed by atoms with Crippen molar-refractivity contribution in [3.8, 4) is 0 Å². The number of rotatable bonds is 10. The van der Waals surface area contributed by atoms with Crippen molar-refractivity contribution in [2.24, 2.45) is 5.73 Å². The van der Waals surface area contributed by atoms with Gasteiger partial charge in [0.2, 0.25) is 5.16 Å². The molecule has 0 fully saturated rings. The van der Waals surface area contributed by atoms with Crippen LogP contribution in [0.25, 0.3) is 0 Å². The fraction of sp³-hybridized carbons (Fsp3) is 0.889. The summed E-state index contributed by atoms with van der Waals surface area (Å²) in [4.78, 5) is 0. The van der Waals surface area contributed by atoms with E-state index < -0.39 is 6.10 Å². The number of aliphatic hydroxyl groups is 1. The van der Waals surface area contributed by atoms with Crippen molar-refractivity contribution in [2.75, 3.05) is 39.2 Å². The second kappa shape index (κ2) is 9.22. The highest BCUT2D eigenvalue weighted by Gasteiger charge is 2.10. The minimum atomic E-state index is -0.560. The van der Waals surface area contributed by atoms with E-state index in [9.17, 15) is 5.11 Å². The number of aromatic nitrogens is 4. The van der Waals surface area contributed by atoms with Crippen molar-refractivity contribution in [1.82, 2.24) is 20.2 Å². The largest absolute Gasteiger partial charge is 0.390 e. The maximum absolute atomic E-state index is 9.68. The lowest BCUT2D eigenvalue weighted by atomic mass is 10.4. The molecular weight excluding hydrogens is 258 g/mol. The molecule has 3 N–H and O–H groups in total. The number of aliphatic hydroxyl groups excluding tert-OH is 1. The van der Waals surface area contributed by atoms with Crippen LogP contribution in [0.1, 0.15) is 0 Å². The summed E-state index contributed by atoms with van der Waals surface area (Å²) in [6.45, 7) is 2.31. The first-order chi connectivity index (χ1) is 8.77. The van der Waals surface area contributed by atoms with Crippen molar-refractivity contribution < 1.29 is 14.6 Å². The number of nitrogens with zero attached hydrogens (tertiary/aromatic N) is 4. The molecule has 0 aromatic carbocycles. The molecule has 0 aliphatic carbocycles. The van der Waals surface area contributed by atoms with Gasteiger partial charge >= 0.3 is 0 Å². The Labute approximate surface area is 110 Å². The SMILES string of the molecule is COCCOCC(O)CSc1nnnn1CCN. The molecule has 1 rings (SSSR count). The van der Waals surface area contributed by atoms with Gasteiger partial charge in [0.05, 0.1) is 32.5 Å². The number of methoxy groups -OCH3 is 1. The minimum Gasteiger partial charge on any atom is -0.390 e. The number of hydrogen-bond acceptors (Lipinski definition) is 8. The first kappa shape index (κ1) is 15.3. The molecule has 0 aliphatic rings. The highest BCUT2D eigenvalue weighted by Crippen LogP contribution is 2.14. The van der Waals surface area contributed by atoms with Crippen LogP contribution in [-0.2, 0) is 16.0 Å². The number of tetrazole rings is 1. The maximum Gasteiger partial charge on any atom is 0.209 e. The molecular formula is C9H19N5O3S. The molecule has 0 saturated carbocycles. The Bertz CT molecular complexity index is 325. The molecule has 104 valence electrons. The van der Waals surface area contributed by atoms with Crippen LogP contribution in [0.2, 0.25) is 0 Å². The first-order valence-corrected chi connectivity index (χ1v) is 6.60. The normalized spacial score (nSPS) is 12.8. The quantitative estimate of drug-likeness (QED) is 0.403. The number of ether oxygens (including phenoxy) is 2. The molecule has 8 nitrogen and oxygen atoms in total. The topological polar surface area (TPSA) is 108 Å². The van der Waals surface area contributed by atoms with Gasteiger partial charge in [-0.3, -0.25) is 0 Å². The molecule has 18 heavy (non-hydrogen) atoms. The van der Waals surface area contributed by atoms with Crippen LogP contribution in [0, 0.1) is 0 Å². The predicted molar refractivity (Wildman–Crippen MR) is 66.3 cm³/mol. The van der Waals surface area contributed by atoms with Gasteiger partial charge in [0, 0.05) is 19.4 Å². The minimum absolute atomic E-state index is 0.273. The first-order valence-electron chi connectivity index (χ1n) is 5.61. The molecule has 1 aromatic rings. The number of nitrogens with two attached hydrogens (primary N) is 1. The van der Waals surface area contributed by atoms with E-state index in [4.69, 9.17) is 15.2 Å². The Hall–Kier alpha value is -0.740. The summed E-state index contributed by atoms with van der Waals surface area (Å²) < 4.78 is 11.7. The summed E-state index contributed by atoms with van der Waals surface area (Å²) in [5.41, 5.74) is 5.43. The molecule has 0 radical (unpaired) electrons. The molecule has 1 aromatic heterocycles. The van der Waals surface area contributed by atoms with Gasteiger partial charge in [-0.15, -0.1) is 5.10 Å². The molecule has 1 unspecified atom stereocenters. The van der Waals surface area contributed by atoms with Crippen molar-refractivity contribution in [2.45, 2.75) is 17.8 Å². The van der Waals surface area contributed by atoms with Crippen molar-refractivity contribution in [3.05, 3.63) is 0 Å². The van der Waals surface area contributed by atoms with Crippen molar-refractivity contribution >= 4 is 11.8 Å². The van der Waals surface area contributed by atoms with Crippen molar-refractivity contribution in [1.29, 1.82) is 0 Å². The van der Waals surface area contributed by atoms with Gasteiger partial charge in [-0.1, -0.05) is 11.8 Å². The zero-order chi connectivity index (χ0) is 13.2. The van der Waals surface area contributed by atoms with Gasteiger partial charge < -0.3 is 20.3 Å². The van der Waals surface area contributed by atoms with Gasteiger partial charge in [0.1, 0.15) is 0 Å². The van der Waals surface area contributed by atoms with E-state index in [2.05, 4.69) is 15.5 Å². The van der Waals surface area contributed by atoms with Gasteiger partial charge in [-0.25, -0.2) is 4.68 Å². The zero-order valence-electron chi connectivity index (χ0n) is 10.4. The summed E-state index contributed by atoms with van der Waals surface area (Å²) in [5, 5.41) is 21.5. The molecule has 1 atom stereocenters. The van der Waals surface area contributed by atoms with Crippen LogP contribution in [0.5, 0.6) is 0 Å².